The monoisotopic (exact) mass is 333 g/mol. The summed E-state index contributed by atoms with van der Waals surface area (Å²) in [5, 5.41) is 12.0. The van der Waals surface area contributed by atoms with Gasteiger partial charge in [0.15, 0.2) is 5.75 Å². The van der Waals surface area contributed by atoms with Crippen LogP contribution in [0, 0.1) is 5.92 Å². The van der Waals surface area contributed by atoms with Crippen LogP contribution in [0.25, 0.3) is 10.9 Å². The number of hydrogen-bond acceptors (Lipinski definition) is 2. The molecule has 1 atom stereocenters. The first-order chi connectivity index (χ1) is 12.2. The first-order valence-electron chi connectivity index (χ1n) is 9.20. The lowest BCUT2D eigenvalue weighted by atomic mass is 9.91. The Morgan fingerprint density at radius 2 is 1.76 bits per heavy atom. The second kappa shape index (κ2) is 6.85. The lowest BCUT2D eigenvalue weighted by molar-refractivity contribution is -0.931. The van der Waals surface area contributed by atoms with Gasteiger partial charge >= 0.3 is 0 Å². The summed E-state index contributed by atoms with van der Waals surface area (Å²) in [6, 6.07) is 18.8. The zero-order chi connectivity index (χ0) is 17.2. The summed E-state index contributed by atoms with van der Waals surface area (Å²) in [5.41, 5.74) is 2.95. The van der Waals surface area contributed by atoms with E-state index in [0.29, 0.717) is 11.3 Å². The summed E-state index contributed by atoms with van der Waals surface area (Å²) in [5.74, 6) is 1.13. The number of rotatable bonds is 3. The van der Waals surface area contributed by atoms with Crippen molar-refractivity contribution in [2.75, 3.05) is 13.1 Å². The minimum absolute atomic E-state index is 0.153. The van der Waals surface area contributed by atoms with Crippen molar-refractivity contribution in [3.63, 3.8) is 0 Å². The van der Waals surface area contributed by atoms with E-state index in [1.807, 2.05) is 12.1 Å². The Morgan fingerprint density at radius 3 is 2.52 bits per heavy atom. The van der Waals surface area contributed by atoms with Gasteiger partial charge < -0.3 is 10.0 Å². The van der Waals surface area contributed by atoms with Crippen molar-refractivity contribution in [3.8, 4) is 5.75 Å². The number of fused-ring (bicyclic) bond motifs is 1. The van der Waals surface area contributed by atoms with Crippen LogP contribution in [0.2, 0.25) is 0 Å². The smallest absolute Gasteiger partial charge is 0.151 e. The van der Waals surface area contributed by atoms with Gasteiger partial charge in [-0.15, -0.1) is 0 Å². The Bertz CT molecular complexity index is 854. The second-order valence-corrected chi connectivity index (χ2v) is 7.26. The number of phenols is 1. The van der Waals surface area contributed by atoms with Gasteiger partial charge in [0.2, 0.25) is 0 Å². The number of phenolic OH excluding ortho intramolecular Hbond substituents is 1. The first kappa shape index (κ1) is 16.1. The summed E-state index contributed by atoms with van der Waals surface area (Å²) in [7, 11) is 0. The number of nitrogens with one attached hydrogen (secondary N) is 1. The standard InChI is InChI=1S/C22H24N2O/c1-16-11-14-24(15-12-16)21(18-6-3-2-4-7-18)19-10-9-17-8-5-13-23-20(17)22(19)25/h2-10,13,16,21,25H,11-12,14-15H2,1H3/p+1/t21-/m1/s1. The molecular weight excluding hydrogens is 308 g/mol. The van der Waals surface area contributed by atoms with Gasteiger partial charge in [-0.1, -0.05) is 49.4 Å². The van der Waals surface area contributed by atoms with Crippen molar-refractivity contribution in [2.45, 2.75) is 25.8 Å². The zero-order valence-electron chi connectivity index (χ0n) is 14.7. The van der Waals surface area contributed by atoms with E-state index >= 15 is 0 Å². The van der Waals surface area contributed by atoms with E-state index in [1.165, 1.54) is 23.3 Å². The van der Waals surface area contributed by atoms with E-state index in [4.69, 9.17) is 0 Å². The van der Waals surface area contributed by atoms with E-state index in [-0.39, 0.29) is 6.04 Å². The molecule has 1 fully saturated rings. The van der Waals surface area contributed by atoms with E-state index in [0.717, 1.165) is 30.0 Å². The summed E-state index contributed by atoms with van der Waals surface area (Å²) >= 11 is 0. The number of benzene rings is 2. The predicted molar refractivity (Wildman–Crippen MR) is 101 cm³/mol. The molecule has 0 saturated carbocycles. The summed E-state index contributed by atoms with van der Waals surface area (Å²) < 4.78 is 0. The van der Waals surface area contributed by atoms with Crippen LogP contribution in [-0.4, -0.2) is 23.2 Å². The molecule has 0 radical (unpaired) electrons. The van der Waals surface area contributed by atoms with Gasteiger partial charge in [-0.2, -0.15) is 0 Å². The number of quaternary nitrogens is 1. The summed E-state index contributed by atoms with van der Waals surface area (Å²) in [6.07, 6.45) is 4.23. The number of nitrogens with zero attached hydrogens (tertiary/aromatic N) is 1. The Morgan fingerprint density at radius 1 is 1.00 bits per heavy atom. The molecule has 0 bridgehead atoms. The van der Waals surface area contributed by atoms with Crippen molar-refractivity contribution in [3.05, 3.63) is 71.9 Å². The number of aromatic nitrogens is 1. The average molecular weight is 333 g/mol. The topological polar surface area (TPSA) is 37.6 Å². The highest BCUT2D eigenvalue weighted by Crippen LogP contribution is 2.33. The molecule has 4 rings (SSSR count). The van der Waals surface area contributed by atoms with Crippen LogP contribution in [0.1, 0.15) is 36.9 Å². The van der Waals surface area contributed by atoms with Gasteiger partial charge in [0.1, 0.15) is 11.6 Å². The molecule has 1 aliphatic rings. The van der Waals surface area contributed by atoms with E-state index in [1.54, 1.807) is 6.20 Å². The Kier molecular flexibility index (Phi) is 4.41. The normalized spacial score (nSPS) is 22.0. The van der Waals surface area contributed by atoms with Crippen LogP contribution < -0.4 is 4.90 Å². The molecule has 1 aliphatic heterocycles. The molecule has 1 saturated heterocycles. The van der Waals surface area contributed by atoms with Gasteiger partial charge in [-0.3, -0.25) is 4.98 Å². The minimum atomic E-state index is 0.153. The van der Waals surface area contributed by atoms with Gasteiger partial charge in [-0.25, -0.2) is 0 Å². The predicted octanol–water partition coefficient (Wildman–Crippen LogP) is 3.34. The van der Waals surface area contributed by atoms with Crippen LogP contribution in [-0.2, 0) is 0 Å². The molecule has 3 nitrogen and oxygen atoms in total. The van der Waals surface area contributed by atoms with E-state index in [9.17, 15) is 5.11 Å². The minimum Gasteiger partial charge on any atom is -0.505 e. The molecule has 0 unspecified atom stereocenters. The highest BCUT2D eigenvalue weighted by atomic mass is 16.3. The molecule has 2 aromatic carbocycles. The number of hydrogen-bond donors (Lipinski definition) is 2. The van der Waals surface area contributed by atoms with Gasteiger partial charge in [0, 0.05) is 17.1 Å². The molecule has 2 N–H and O–H groups in total. The quantitative estimate of drug-likeness (QED) is 0.771. The molecule has 0 aliphatic carbocycles. The fraction of sp³-hybridized carbons (Fsp3) is 0.318. The molecule has 1 aromatic heterocycles. The van der Waals surface area contributed by atoms with Crippen molar-refractivity contribution >= 4 is 10.9 Å². The number of aromatic hydroxyl groups is 1. The van der Waals surface area contributed by atoms with Gasteiger partial charge in [0.05, 0.1) is 18.7 Å². The van der Waals surface area contributed by atoms with Gasteiger partial charge in [0.25, 0.3) is 0 Å². The maximum Gasteiger partial charge on any atom is 0.151 e. The van der Waals surface area contributed by atoms with Gasteiger partial charge in [-0.05, 0) is 30.9 Å². The second-order valence-electron chi connectivity index (χ2n) is 7.26. The van der Waals surface area contributed by atoms with Crippen LogP contribution in [0.4, 0.5) is 0 Å². The molecule has 0 amide bonds. The fourth-order valence-corrected chi connectivity index (χ4v) is 4.08. The maximum atomic E-state index is 11.0. The molecule has 3 aromatic rings. The lowest BCUT2D eigenvalue weighted by Crippen LogP contribution is -3.13. The third-order valence-electron chi connectivity index (χ3n) is 5.55. The van der Waals surface area contributed by atoms with Crippen molar-refractivity contribution in [1.82, 2.24) is 4.98 Å². The van der Waals surface area contributed by atoms with Crippen molar-refractivity contribution < 1.29 is 10.0 Å². The van der Waals surface area contributed by atoms with Crippen LogP contribution in [0.15, 0.2) is 60.8 Å². The molecular formula is C22H25N2O+. The third kappa shape index (κ3) is 3.12. The molecule has 3 heteroatoms. The van der Waals surface area contributed by atoms with Crippen LogP contribution in [0.3, 0.4) is 0 Å². The molecule has 25 heavy (non-hydrogen) atoms. The Hall–Kier alpha value is -2.39. The third-order valence-corrected chi connectivity index (χ3v) is 5.55. The highest BCUT2D eigenvalue weighted by Gasteiger charge is 2.32. The SMILES string of the molecule is CC1CC[NH+]([C@H](c2ccccc2)c2ccc3cccnc3c2O)CC1. The van der Waals surface area contributed by atoms with Crippen LogP contribution in [0.5, 0.6) is 5.75 Å². The summed E-state index contributed by atoms with van der Waals surface area (Å²) in [6.45, 7) is 4.62. The number of likely N-dealkylation sites (tertiary alicyclic amines) is 1. The largest absolute Gasteiger partial charge is 0.505 e. The Labute approximate surface area is 148 Å². The average Bonchev–Trinajstić information content (AvgIpc) is 2.66. The van der Waals surface area contributed by atoms with Crippen LogP contribution >= 0.6 is 0 Å². The lowest BCUT2D eigenvalue weighted by Gasteiger charge is -2.34. The fourth-order valence-electron chi connectivity index (χ4n) is 4.08. The van der Waals surface area contributed by atoms with Crippen molar-refractivity contribution in [1.29, 1.82) is 0 Å². The highest BCUT2D eigenvalue weighted by molar-refractivity contribution is 5.85. The number of piperidine rings is 1. The Balaban J connectivity index is 1.82. The zero-order valence-corrected chi connectivity index (χ0v) is 14.7. The summed E-state index contributed by atoms with van der Waals surface area (Å²) in [4.78, 5) is 5.95. The first-order valence-corrected chi connectivity index (χ1v) is 9.20. The van der Waals surface area contributed by atoms with E-state index in [2.05, 4.69) is 54.4 Å². The number of pyridine rings is 1. The molecule has 2 heterocycles. The van der Waals surface area contributed by atoms with Crippen molar-refractivity contribution in [2.24, 2.45) is 5.92 Å². The maximum absolute atomic E-state index is 11.0. The molecule has 128 valence electrons. The van der Waals surface area contributed by atoms with E-state index < -0.39 is 0 Å². The molecule has 0 spiro atoms.